The van der Waals surface area contributed by atoms with E-state index in [1.54, 1.807) is 0 Å². The SMILES string of the molecule is CCOCCCOc1ccc(C#CC2(O)CN3CCC2CC3)c(Cc2ccccc2)n1. The Kier molecular flexibility index (Phi) is 7.24. The predicted molar refractivity (Wildman–Crippen MR) is 121 cm³/mol. The van der Waals surface area contributed by atoms with E-state index in [1.165, 1.54) is 5.56 Å². The first kappa shape index (κ1) is 21.8. The van der Waals surface area contributed by atoms with Gasteiger partial charge in [-0.3, -0.25) is 4.90 Å². The predicted octanol–water partition coefficient (Wildman–Crippen LogP) is 3.29. The molecule has 3 fully saturated rings. The summed E-state index contributed by atoms with van der Waals surface area (Å²) in [4.78, 5) is 7.08. The Labute approximate surface area is 185 Å². The molecule has 1 aromatic heterocycles. The van der Waals surface area contributed by atoms with Crippen molar-refractivity contribution in [2.24, 2.45) is 5.92 Å². The van der Waals surface area contributed by atoms with Crippen LogP contribution in [0.2, 0.25) is 0 Å². The first-order chi connectivity index (χ1) is 15.2. The normalized spacial score (nSPS) is 24.5. The first-order valence-corrected chi connectivity index (χ1v) is 11.4. The highest BCUT2D eigenvalue weighted by Crippen LogP contribution is 2.35. The van der Waals surface area contributed by atoms with Crippen LogP contribution in [0.4, 0.5) is 0 Å². The number of piperidine rings is 3. The van der Waals surface area contributed by atoms with E-state index in [4.69, 9.17) is 14.5 Å². The lowest BCUT2D eigenvalue weighted by molar-refractivity contribution is -0.0713. The molecule has 1 unspecified atom stereocenters. The van der Waals surface area contributed by atoms with Crippen molar-refractivity contribution in [3.8, 4) is 17.7 Å². The van der Waals surface area contributed by atoms with Gasteiger partial charge in [0, 0.05) is 50.1 Å². The maximum Gasteiger partial charge on any atom is 0.213 e. The summed E-state index contributed by atoms with van der Waals surface area (Å²) >= 11 is 0. The van der Waals surface area contributed by atoms with E-state index in [0.29, 0.717) is 32.1 Å². The molecule has 3 aliphatic rings. The number of rotatable bonds is 8. The van der Waals surface area contributed by atoms with E-state index in [2.05, 4.69) is 28.9 Å². The zero-order chi connectivity index (χ0) is 21.5. The summed E-state index contributed by atoms with van der Waals surface area (Å²) in [6, 6.07) is 14.1. The van der Waals surface area contributed by atoms with Crippen LogP contribution in [-0.4, -0.2) is 60.0 Å². The lowest BCUT2D eigenvalue weighted by atomic mass is 9.75. The lowest BCUT2D eigenvalue weighted by Crippen LogP contribution is -2.58. The fourth-order valence-electron chi connectivity index (χ4n) is 4.44. The van der Waals surface area contributed by atoms with Crippen LogP contribution in [0.15, 0.2) is 42.5 Å². The summed E-state index contributed by atoms with van der Waals surface area (Å²) in [6.45, 7) is 6.76. The average Bonchev–Trinajstić information content (AvgIpc) is 2.80. The van der Waals surface area contributed by atoms with Gasteiger partial charge in [0.2, 0.25) is 5.88 Å². The Morgan fingerprint density at radius 3 is 2.65 bits per heavy atom. The third kappa shape index (κ3) is 5.65. The minimum absolute atomic E-state index is 0.267. The fourth-order valence-corrected chi connectivity index (χ4v) is 4.44. The number of benzene rings is 1. The van der Waals surface area contributed by atoms with Crippen molar-refractivity contribution < 1.29 is 14.6 Å². The summed E-state index contributed by atoms with van der Waals surface area (Å²) in [6.07, 6.45) is 3.55. The molecule has 0 saturated carbocycles. The number of hydrogen-bond donors (Lipinski definition) is 1. The van der Waals surface area contributed by atoms with E-state index in [0.717, 1.165) is 50.2 Å². The van der Waals surface area contributed by atoms with E-state index < -0.39 is 5.60 Å². The van der Waals surface area contributed by atoms with Gasteiger partial charge < -0.3 is 14.6 Å². The third-order valence-electron chi connectivity index (χ3n) is 6.19. The highest BCUT2D eigenvalue weighted by Gasteiger charge is 2.44. The summed E-state index contributed by atoms with van der Waals surface area (Å²) in [7, 11) is 0. The van der Waals surface area contributed by atoms with Gasteiger partial charge in [0.15, 0.2) is 0 Å². The van der Waals surface area contributed by atoms with E-state index in [1.807, 2.05) is 37.3 Å². The van der Waals surface area contributed by atoms with Gasteiger partial charge in [-0.2, -0.15) is 0 Å². The van der Waals surface area contributed by atoms with Gasteiger partial charge in [0.1, 0.15) is 5.60 Å². The highest BCUT2D eigenvalue weighted by atomic mass is 16.5. The fraction of sp³-hybridized carbons (Fsp3) is 0.500. The van der Waals surface area contributed by atoms with Gasteiger partial charge in [-0.05, 0) is 44.5 Å². The Balaban J connectivity index is 1.53. The lowest BCUT2D eigenvalue weighted by Gasteiger charge is -2.47. The molecule has 3 saturated heterocycles. The van der Waals surface area contributed by atoms with Crippen molar-refractivity contribution in [1.82, 2.24) is 9.88 Å². The number of aromatic nitrogens is 1. The van der Waals surface area contributed by atoms with Crippen molar-refractivity contribution in [2.45, 2.75) is 38.2 Å². The highest BCUT2D eigenvalue weighted by molar-refractivity contribution is 5.44. The van der Waals surface area contributed by atoms with Crippen LogP contribution in [0.25, 0.3) is 0 Å². The molecule has 5 heteroatoms. The average molecular weight is 421 g/mol. The van der Waals surface area contributed by atoms with Gasteiger partial charge >= 0.3 is 0 Å². The third-order valence-corrected chi connectivity index (χ3v) is 6.19. The smallest absolute Gasteiger partial charge is 0.213 e. The molecule has 3 aliphatic heterocycles. The molecule has 1 atom stereocenters. The molecular formula is C26H32N2O3. The molecule has 5 nitrogen and oxygen atoms in total. The number of fused-ring (bicyclic) bond motifs is 3. The summed E-state index contributed by atoms with van der Waals surface area (Å²) in [5.41, 5.74) is 1.99. The quantitative estimate of drug-likeness (QED) is 0.525. The van der Waals surface area contributed by atoms with Crippen molar-refractivity contribution in [2.75, 3.05) is 39.5 Å². The van der Waals surface area contributed by atoms with Crippen molar-refractivity contribution in [3.05, 3.63) is 59.3 Å². The standard InChI is InChI=1S/C26H32N2O3/c1-2-30-17-6-18-31-25-10-9-22(24(27-25)19-21-7-4-3-5-8-21)11-14-26(29)20-28-15-12-23(26)13-16-28/h3-5,7-10,23,29H,2,6,12-13,15-20H2,1H3. The van der Waals surface area contributed by atoms with Crippen LogP contribution < -0.4 is 4.74 Å². The van der Waals surface area contributed by atoms with Gasteiger partial charge in [-0.15, -0.1) is 0 Å². The molecule has 0 spiro atoms. The minimum Gasteiger partial charge on any atom is -0.478 e. The van der Waals surface area contributed by atoms with Gasteiger partial charge in [-0.25, -0.2) is 4.98 Å². The second-order valence-electron chi connectivity index (χ2n) is 8.43. The molecule has 2 bridgehead atoms. The van der Waals surface area contributed by atoms with Crippen molar-refractivity contribution in [1.29, 1.82) is 0 Å². The molecule has 31 heavy (non-hydrogen) atoms. The van der Waals surface area contributed by atoms with Gasteiger partial charge in [-0.1, -0.05) is 42.2 Å². The Morgan fingerprint density at radius 2 is 1.94 bits per heavy atom. The molecule has 0 radical (unpaired) electrons. The molecule has 4 heterocycles. The minimum atomic E-state index is -0.922. The molecule has 1 N–H and O–H groups in total. The number of pyridine rings is 1. The zero-order valence-electron chi connectivity index (χ0n) is 18.3. The van der Waals surface area contributed by atoms with Gasteiger partial charge in [0.05, 0.1) is 12.3 Å². The Hall–Kier alpha value is -2.39. The number of ether oxygens (including phenoxy) is 2. The number of aliphatic hydroxyl groups is 1. The second-order valence-corrected chi connectivity index (χ2v) is 8.43. The van der Waals surface area contributed by atoms with Crippen LogP contribution in [-0.2, 0) is 11.2 Å². The van der Waals surface area contributed by atoms with Crippen molar-refractivity contribution in [3.63, 3.8) is 0 Å². The maximum absolute atomic E-state index is 11.2. The van der Waals surface area contributed by atoms with E-state index in [-0.39, 0.29) is 5.92 Å². The summed E-state index contributed by atoms with van der Waals surface area (Å²) in [5, 5.41) is 11.2. The topological polar surface area (TPSA) is 54.8 Å². The largest absolute Gasteiger partial charge is 0.478 e. The van der Waals surface area contributed by atoms with E-state index in [9.17, 15) is 5.11 Å². The first-order valence-electron chi connectivity index (χ1n) is 11.4. The summed E-state index contributed by atoms with van der Waals surface area (Å²) < 4.78 is 11.2. The molecule has 0 aliphatic carbocycles. The molecule has 5 rings (SSSR count). The number of nitrogens with zero attached hydrogens (tertiary/aromatic N) is 2. The maximum atomic E-state index is 11.2. The Bertz CT molecular complexity index is 913. The van der Waals surface area contributed by atoms with Crippen LogP contribution in [0.5, 0.6) is 5.88 Å². The molecule has 1 aromatic carbocycles. The Morgan fingerprint density at radius 1 is 1.13 bits per heavy atom. The second kappa shape index (κ2) is 10.3. The molecule has 164 valence electrons. The van der Waals surface area contributed by atoms with E-state index >= 15 is 0 Å². The molecular weight excluding hydrogens is 388 g/mol. The van der Waals surface area contributed by atoms with Crippen LogP contribution in [0, 0.1) is 17.8 Å². The summed E-state index contributed by atoms with van der Waals surface area (Å²) in [5.74, 6) is 7.37. The van der Waals surface area contributed by atoms with Crippen LogP contribution in [0.1, 0.15) is 43.0 Å². The van der Waals surface area contributed by atoms with Crippen LogP contribution >= 0.6 is 0 Å². The molecule has 2 aromatic rings. The monoisotopic (exact) mass is 420 g/mol. The van der Waals surface area contributed by atoms with Crippen LogP contribution in [0.3, 0.4) is 0 Å². The van der Waals surface area contributed by atoms with Crippen molar-refractivity contribution >= 4 is 0 Å². The number of hydrogen-bond acceptors (Lipinski definition) is 5. The zero-order valence-corrected chi connectivity index (χ0v) is 18.3. The molecule has 0 amide bonds. The van der Waals surface area contributed by atoms with Gasteiger partial charge in [0.25, 0.3) is 0 Å².